The third kappa shape index (κ3) is 2.99. The van der Waals surface area contributed by atoms with Crippen LogP contribution in [0.5, 0.6) is 0 Å². The van der Waals surface area contributed by atoms with E-state index in [1.54, 1.807) is 11.9 Å². The molecule has 1 aliphatic carbocycles. The second kappa shape index (κ2) is 5.38. The minimum absolute atomic E-state index is 0. The van der Waals surface area contributed by atoms with Crippen molar-refractivity contribution in [3.8, 4) is 0 Å². The van der Waals surface area contributed by atoms with E-state index < -0.39 is 0 Å². The van der Waals surface area contributed by atoms with Gasteiger partial charge in [0, 0.05) is 13.1 Å². The van der Waals surface area contributed by atoms with Crippen molar-refractivity contribution in [2.75, 3.05) is 7.05 Å². The highest BCUT2D eigenvalue weighted by Crippen LogP contribution is 2.22. The number of rotatable bonds is 1. The Balaban J connectivity index is 0.00000121. The third-order valence-corrected chi connectivity index (χ3v) is 2.67. The fraction of sp³-hybridized carbons (Fsp3) is 0.875. The molecule has 0 unspecified atom stereocenters. The summed E-state index contributed by atoms with van der Waals surface area (Å²) in [6, 6.07) is 0.397. The predicted molar refractivity (Wildman–Crippen MR) is 50.9 cm³/mol. The summed E-state index contributed by atoms with van der Waals surface area (Å²) in [7, 11) is 1.78. The average molecular weight is 193 g/mol. The van der Waals surface area contributed by atoms with Crippen LogP contribution in [0.15, 0.2) is 0 Å². The molecule has 0 aromatic rings. The molecule has 1 fully saturated rings. The van der Waals surface area contributed by atoms with Crippen LogP contribution in [0.25, 0.3) is 0 Å². The van der Waals surface area contributed by atoms with Crippen molar-refractivity contribution < 1.29 is 4.79 Å². The summed E-state index contributed by atoms with van der Waals surface area (Å²) in [4.78, 5) is 12.4. The van der Waals surface area contributed by atoms with Gasteiger partial charge in [0.1, 0.15) is 0 Å². The summed E-state index contributed by atoms with van der Waals surface area (Å²) in [5.74, 6) is 0. The minimum Gasteiger partial charge on any atom is -0.344 e. The van der Waals surface area contributed by atoms with E-state index in [9.17, 15) is 4.79 Å². The molecule has 0 aromatic carbocycles. The van der Waals surface area contributed by atoms with Crippen LogP contribution in [0.4, 0.5) is 4.79 Å². The molecular formula is C8H17ClN2O. The molecule has 72 valence electrons. The van der Waals surface area contributed by atoms with Gasteiger partial charge in [-0.05, 0) is 24.4 Å². The fourth-order valence-corrected chi connectivity index (χ4v) is 1.75. The van der Waals surface area contributed by atoms with Crippen LogP contribution in [0, 0.1) is 0 Å². The zero-order chi connectivity index (χ0) is 8.27. The van der Waals surface area contributed by atoms with E-state index in [1.165, 1.54) is 19.3 Å². The van der Waals surface area contributed by atoms with Crippen molar-refractivity contribution in [3.63, 3.8) is 0 Å². The van der Waals surface area contributed by atoms with Crippen LogP contribution < -0.4 is 6.15 Å². The van der Waals surface area contributed by atoms with Gasteiger partial charge < -0.3 is 11.1 Å². The molecule has 12 heavy (non-hydrogen) atoms. The van der Waals surface area contributed by atoms with Crippen LogP contribution in [-0.4, -0.2) is 23.4 Å². The SMILES string of the molecule is CN(C(=O)Cl)C1CCCCC1.N. The van der Waals surface area contributed by atoms with Crippen molar-refractivity contribution in [1.82, 2.24) is 11.1 Å². The van der Waals surface area contributed by atoms with Gasteiger partial charge in [-0.3, -0.25) is 4.79 Å². The highest BCUT2D eigenvalue weighted by atomic mass is 35.5. The molecule has 0 aliphatic heterocycles. The first kappa shape index (κ1) is 11.7. The number of halogens is 1. The highest BCUT2D eigenvalue weighted by Gasteiger charge is 2.20. The van der Waals surface area contributed by atoms with Gasteiger partial charge in [-0.2, -0.15) is 0 Å². The van der Waals surface area contributed by atoms with Gasteiger partial charge in [0.2, 0.25) is 0 Å². The summed E-state index contributed by atoms with van der Waals surface area (Å²) in [6.07, 6.45) is 6.02. The van der Waals surface area contributed by atoms with E-state index in [4.69, 9.17) is 11.6 Å². The summed E-state index contributed by atoms with van der Waals surface area (Å²) in [5.41, 5.74) is 0. The van der Waals surface area contributed by atoms with Gasteiger partial charge in [-0.1, -0.05) is 19.3 Å². The molecule has 0 atom stereocenters. The topological polar surface area (TPSA) is 55.3 Å². The van der Waals surface area contributed by atoms with Crippen molar-refractivity contribution in [1.29, 1.82) is 0 Å². The van der Waals surface area contributed by atoms with Crippen LogP contribution >= 0.6 is 11.6 Å². The van der Waals surface area contributed by atoms with Gasteiger partial charge in [-0.15, -0.1) is 0 Å². The van der Waals surface area contributed by atoms with Crippen LogP contribution in [0.1, 0.15) is 32.1 Å². The Kier molecular flexibility index (Phi) is 5.25. The van der Waals surface area contributed by atoms with Crippen LogP contribution in [0.3, 0.4) is 0 Å². The van der Waals surface area contributed by atoms with Crippen molar-refractivity contribution >= 4 is 17.0 Å². The lowest BCUT2D eigenvalue weighted by atomic mass is 9.95. The first-order chi connectivity index (χ1) is 5.22. The second-order valence-corrected chi connectivity index (χ2v) is 3.48. The van der Waals surface area contributed by atoms with Crippen molar-refractivity contribution in [3.05, 3.63) is 0 Å². The summed E-state index contributed by atoms with van der Waals surface area (Å²) in [5, 5.41) is -0.322. The van der Waals surface area contributed by atoms with Gasteiger partial charge in [0.15, 0.2) is 0 Å². The maximum Gasteiger partial charge on any atom is 0.316 e. The van der Waals surface area contributed by atoms with Crippen molar-refractivity contribution in [2.24, 2.45) is 0 Å². The molecule has 4 heteroatoms. The standard InChI is InChI=1S/C8H14ClNO.H3N/c1-10(8(9)11)7-5-3-2-4-6-7;/h7H,2-6H2,1H3;1H3. The molecule has 0 aromatic heterocycles. The monoisotopic (exact) mass is 192 g/mol. The Labute approximate surface area is 78.6 Å². The molecule has 1 amide bonds. The number of carbonyl (C=O) groups is 1. The Hall–Kier alpha value is -0.280. The molecular weight excluding hydrogens is 176 g/mol. The molecule has 0 radical (unpaired) electrons. The van der Waals surface area contributed by atoms with Gasteiger partial charge >= 0.3 is 5.37 Å². The highest BCUT2D eigenvalue weighted by molar-refractivity contribution is 6.62. The fourth-order valence-electron chi connectivity index (χ4n) is 1.61. The largest absolute Gasteiger partial charge is 0.344 e. The summed E-state index contributed by atoms with van der Waals surface area (Å²) < 4.78 is 0. The van der Waals surface area contributed by atoms with Gasteiger partial charge in [-0.25, -0.2) is 0 Å². The second-order valence-electron chi connectivity index (χ2n) is 3.16. The maximum atomic E-state index is 10.7. The molecule has 0 spiro atoms. The number of carbonyl (C=O) groups excluding carboxylic acids is 1. The Bertz CT molecular complexity index is 146. The first-order valence-electron chi connectivity index (χ1n) is 4.14. The molecule has 0 bridgehead atoms. The molecule has 0 heterocycles. The normalized spacial score (nSPS) is 18.2. The van der Waals surface area contributed by atoms with E-state index in [0.717, 1.165) is 12.8 Å². The lowest BCUT2D eigenvalue weighted by Gasteiger charge is -2.29. The number of hydrogen-bond donors (Lipinski definition) is 1. The predicted octanol–water partition coefficient (Wildman–Crippen LogP) is 2.77. The lowest BCUT2D eigenvalue weighted by Crippen LogP contribution is -2.34. The number of hydrogen-bond acceptors (Lipinski definition) is 2. The minimum atomic E-state index is -0.322. The van der Waals surface area contributed by atoms with Gasteiger partial charge in [0.05, 0.1) is 0 Å². The van der Waals surface area contributed by atoms with E-state index >= 15 is 0 Å². The quantitative estimate of drug-likeness (QED) is 0.513. The van der Waals surface area contributed by atoms with Crippen molar-refractivity contribution in [2.45, 2.75) is 38.1 Å². The zero-order valence-corrected chi connectivity index (χ0v) is 8.31. The number of nitrogens with zero attached hydrogens (tertiary/aromatic N) is 1. The third-order valence-electron chi connectivity index (χ3n) is 2.40. The van der Waals surface area contributed by atoms with E-state index in [-0.39, 0.29) is 11.5 Å². The Morgan fingerprint density at radius 2 is 1.83 bits per heavy atom. The van der Waals surface area contributed by atoms with Gasteiger partial charge in [0.25, 0.3) is 0 Å². The van der Waals surface area contributed by atoms with Crippen LogP contribution in [0.2, 0.25) is 0 Å². The van der Waals surface area contributed by atoms with Crippen LogP contribution in [-0.2, 0) is 0 Å². The Morgan fingerprint density at radius 3 is 2.25 bits per heavy atom. The Morgan fingerprint density at radius 1 is 1.33 bits per heavy atom. The maximum absolute atomic E-state index is 10.7. The molecule has 1 saturated carbocycles. The summed E-state index contributed by atoms with van der Waals surface area (Å²) >= 11 is 5.35. The summed E-state index contributed by atoms with van der Waals surface area (Å²) in [6.45, 7) is 0. The first-order valence-corrected chi connectivity index (χ1v) is 4.52. The molecule has 1 aliphatic rings. The van der Waals surface area contributed by atoms with E-state index in [1.807, 2.05) is 0 Å². The smallest absolute Gasteiger partial charge is 0.316 e. The van der Waals surface area contributed by atoms with E-state index in [2.05, 4.69) is 0 Å². The van der Waals surface area contributed by atoms with E-state index in [0.29, 0.717) is 6.04 Å². The molecule has 3 nitrogen and oxygen atoms in total. The molecule has 0 saturated heterocycles. The molecule has 1 rings (SSSR count). The number of amides is 1. The average Bonchev–Trinajstić information content (AvgIpc) is 2.05. The zero-order valence-electron chi connectivity index (χ0n) is 7.55. The molecule has 3 N–H and O–H groups in total. The lowest BCUT2D eigenvalue weighted by molar-refractivity contribution is 0.195.